The van der Waals surface area contributed by atoms with Gasteiger partial charge in [-0.1, -0.05) is 261 Å². The van der Waals surface area contributed by atoms with Gasteiger partial charge in [-0.3, -0.25) is 37.3 Å². The van der Waals surface area contributed by atoms with Gasteiger partial charge in [0.1, 0.15) is 19.3 Å². The van der Waals surface area contributed by atoms with Crippen LogP contribution >= 0.6 is 15.6 Å². The first-order valence-electron chi connectivity index (χ1n) is 33.7. The number of hydrogen-bond acceptors (Lipinski definition) is 15. The number of ether oxygens (including phenoxy) is 4. The van der Waals surface area contributed by atoms with Crippen LogP contribution in [0.3, 0.4) is 0 Å². The van der Waals surface area contributed by atoms with Crippen molar-refractivity contribution in [3.63, 3.8) is 0 Å². The number of phosphoric acid groups is 2. The maximum atomic E-state index is 13.0. The Morgan fingerprint density at radius 2 is 0.500 bits per heavy atom. The van der Waals surface area contributed by atoms with E-state index in [0.717, 1.165) is 102 Å². The second kappa shape index (κ2) is 55.2. The molecule has 17 nitrogen and oxygen atoms in total. The molecule has 0 heterocycles. The first kappa shape index (κ1) is 82.1. The highest BCUT2D eigenvalue weighted by Crippen LogP contribution is 2.45. The number of aliphatic hydroxyl groups is 1. The molecule has 5 atom stereocenters. The maximum absolute atomic E-state index is 13.0. The Morgan fingerprint density at radius 3 is 0.738 bits per heavy atom. The molecule has 498 valence electrons. The van der Waals surface area contributed by atoms with Gasteiger partial charge in [0.25, 0.3) is 0 Å². The highest BCUT2D eigenvalue weighted by molar-refractivity contribution is 7.47. The lowest BCUT2D eigenvalue weighted by Gasteiger charge is -2.21. The predicted octanol–water partition coefficient (Wildman–Crippen LogP) is 17.8. The molecule has 0 radical (unpaired) electrons. The predicted molar refractivity (Wildman–Crippen MR) is 335 cm³/mol. The Kier molecular flexibility index (Phi) is 53.9. The molecule has 0 aliphatic heterocycles. The molecule has 3 unspecified atom stereocenters. The minimum absolute atomic E-state index is 0.101. The summed E-state index contributed by atoms with van der Waals surface area (Å²) in [7, 11) is -9.89. The van der Waals surface area contributed by atoms with E-state index < -0.39 is 97.5 Å². The van der Waals surface area contributed by atoms with Crippen LogP contribution in [0.2, 0.25) is 0 Å². The normalized spacial score (nSPS) is 14.4. The van der Waals surface area contributed by atoms with Crippen LogP contribution in [0.25, 0.3) is 0 Å². The van der Waals surface area contributed by atoms with Gasteiger partial charge in [0.05, 0.1) is 26.4 Å². The second-order valence-electron chi connectivity index (χ2n) is 25.4. The molecular formula is C65H126O17P2. The van der Waals surface area contributed by atoms with Crippen LogP contribution in [0.1, 0.15) is 312 Å². The molecule has 19 heteroatoms. The van der Waals surface area contributed by atoms with Crippen LogP contribution in [-0.2, 0) is 65.4 Å². The van der Waals surface area contributed by atoms with Crippen molar-refractivity contribution in [2.75, 3.05) is 39.6 Å². The van der Waals surface area contributed by atoms with Crippen molar-refractivity contribution in [1.29, 1.82) is 0 Å². The van der Waals surface area contributed by atoms with Crippen molar-refractivity contribution in [1.82, 2.24) is 0 Å². The number of carbonyl (C=O) groups excluding carboxylic acids is 4. The smallest absolute Gasteiger partial charge is 0.462 e. The van der Waals surface area contributed by atoms with Crippen LogP contribution in [0.15, 0.2) is 0 Å². The Labute approximate surface area is 511 Å². The number of carbonyl (C=O) groups is 4. The van der Waals surface area contributed by atoms with Gasteiger partial charge in [-0.15, -0.1) is 0 Å². The lowest BCUT2D eigenvalue weighted by molar-refractivity contribution is -0.161. The molecule has 0 aliphatic rings. The van der Waals surface area contributed by atoms with E-state index in [9.17, 15) is 43.2 Å². The number of phosphoric ester groups is 2. The summed E-state index contributed by atoms with van der Waals surface area (Å²) < 4.78 is 68.0. The summed E-state index contributed by atoms with van der Waals surface area (Å²) >= 11 is 0. The average molecular weight is 1240 g/mol. The van der Waals surface area contributed by atoms with Crippen molar-refractivity contribution in [3.8, 4) is 0 Å². The zero-order valence-corrected chi connectivity index (χ0v) is 56.3. The molecule has 0 saturated heterocycles. The highest BCUT2D eigenvalue weighted by Gasteiger charge is 2.30. The Morgan fingerprint density at radius 1 is 0.298 bits per heavy atom. The molecule has 0 aromatic carbocycles. The molecule has 0 bridgehead atoms. The molecule has 0 aromatic rings. The Bertz CT molecular complexity index is 1680. The van der Waals surface area contributed by atoms with Crippen LogP contribution in [0.4, 0.5) is 0 Å². The third-order valence-electron chi connectivity index (χ3n) is 14.8. The summed E-state index contributed by atoms with van der Waals surface area (Å²) in [6.07, 6.45) is 35.2. The molecule has 0 saturated carbocycles. The fraction of sp³-hybridized carbons (Fsp3) is 0.938. The maximum Gasteiger partial charge on any atom is 0.472 e. The first-order valence-corrected chi connectivity index (χ1v) is 36.7. The van der Waals surface area contributed by atoms with E-state index in [1.165, 1.54) is 109 Å². The SMILES string of the molecule is CC(C)CCCCCCCCCCCCCCC(=O)OC[C@H](COP(=O)(O)OCC(O)COP(=O)(O)OC[C@@H](COC(=O)CCCCCCCCCC(C)C)OC(=O)CCCCCCCCC(C)C)OC(=O)CCCCCCCCCC(C)C. The number of hydrogen-bond donors (Lipinski definition) is 3. The summed E-state index contributed by atoms with van der Waals surface area (Å²) in [4.78, 5) is 72.2. The van der Waals surface area contributed by atoms with Crippen molar-refractivity contribution in [2.45, 2.75) is 331 Å². The number of esters is 4. The van der Waals surface area contributed by atoms with Gasteiger partial charge in [0, 0.05) is 25.7 Å². The zero-order chi connectivity index (χ0) is 62.5. The van der Waals surface area contributed by atoms with E-state index in [2.05, 4.69) is 55.4 Å². The lowest BCUT2D eigenvalue weighted by atomic mass is 10.0. The number of rotatable bonds is 62. The molecule has 0 amide bonds. The molecular weight excluding hydrogens is 1110 g/mol. The summed E-state index contributed by atoms with van der Waals surface area (Å²) in [5, 5.41) is 10.5. The summed E-state index contributed by atoms with van der Waals surface area (Å²) in [5.41, 5.74) is 0. The van der Waals surface area contributed by atoms with E-state index in [1.807, 2.05) is 0 Å². The summed E-state index contributed by atoms with van der Waals surface area (Å²) in [6, 6.07) is 0. The van der Waals surface area contributed by atoms with Gasteiger partial charge in [-0.25, -0.2) is 9.13 Å². The van der Waals surface area contributed by atoms with E-state index in [4.69, 9.17) is 37.0 Å². The van der Waals surface area contributed by atoms with E-state index in [0.29, 0.717) is 43.4 Å². The van der Waals surface area contributed by atoms with Gasteiger partial charge in [0.2, 0.25) is 0 Å². The molecule has 0 rings (SSSR count). The zero-order valence-electron chi connectivity index (χ0n) is 54.5. The standard InChI is InChI=1S/C65H126O17P2/c1-55(2)41-33-25-17-13-11-9-10-12-14-20-29-37-45-62(67)75-51-60(81-64(69)47-39-31-22-16-19-27-35-43-57(5)6)53-79-83(71,72)77-49-59(66)50-78-84(73,74)80-54-61(82-65(70)48-40-32-24-23-28-36-44-58(7)8)52-76-63(68)46-38-30-21-15-18-26-34-42-56(3)4/h55-61,66H,9-54H2,1-8H3,(H,71,72)(H,73,74)/t59?,60-,61-/m1/s1. The van der Waals surface area contributed by atoms with Gasteiger partial charge in [-0.05, 0) is 49.4 Å². The van der Waals surface area contributed by atoms with Crippen LogP contribution in [0, 0.1) is 23.7 Å². The third kappa shape index (κ3) is 59.0. The largest absolute Gasteiger partial charge is 0.472 e. The third-order valence-corrected chi connectivity index (χ3v) is 16.7. The van der Waals surface area contributed by atoms with Crippen molar-refractivity contribution in [2.24, 2.45) is 23.7 Å². The minimum atomic E-state index is -4.95. The monoisotopic (exact) mass is 1240 g/mol. The Balaban J connectivity index is 5.21. The van der Waals surface area contributed by atoms with Crippen molar-refractivity contribution < 1.29 is 80.2 Å². The fourth-order valence-electron chi connectivity index (χ4n) is 9.61. The molecule has 0 aromatic heterocycles. The van der Waals surface area contributed by atoms with Gasteiger partial charge < -0.3 is 33.8 Å². The lowest BCUT2D eigenvalue weighted by Crippen LogP contribution is -2.30. The second-order valence-corrected chi connectivity index (χ2v) is 28.3. The topological polar surface area (TPSA) is 237 Å². The molecule has 3 N–H and O–H groups in total. The van der Waals surface area contributed by atoms with Gasteiger partial charge >= 0.3 is 39.5 Å². The van der Waals surface area contributed by atoms with E-state index in [-0.39, 0.29) is 25.7 Å². The van der Waals surface area contributed by atoms with Crippen molar-refractivity contribution >= 4 is 39.5 Å². The molecule has 84 heavy (non-hydrogen) atoms. The molecule has 0 spiro atoms. The van der Waals surface area contributed by atoms with Crippen LogP contribution in [0.5, 0.6) is 0 Å². The van der Waals surface area contributed by atoms with E-state index >= 15 is 0 Å². The molecule has 0 fully saturated rings. The fourth-order valence-corrected chi connectivity index (χ4v) is 11.2. The van der Waals surface area contributed by atoms with Crippen LogP contribution < -0.4 is 0 Å². The summed E-state index contributed by atoms with van der Waals surface area (Å²) in [6.45, 7) is 13.9. The first-order chi connectivity index (χ1) is 40.1. The van der Waals surface area contributed by atoms with Gasteiger partial charge in [0.15, 0.2) is 12.2 Å². The number of unbranched alkanes of at least 4 members (excludes halogenated alkanes) is 28. The van der Waals surface area contributed by atoms with Crippen LogP contribution in [-0.4, -0.2) is 96.7 Å². The summed E-state index contributed by atoms with van der Waals surface area (Å²) in [5.74, 6) is 0.709. The number of aliphatic hydroxyl groups excluding tert-OH is 1. The minimum Gasteiger partial charge on any atom is -0.462 e. The average Bonchev–Trinajstić information content (AvgIpc) is 3.45. The van der Waals surface area contributed by atoms with Crippen molar-refractivity contribution in [3.05, 3.63) is 0 Å². The quantitative estimate of drug-likeness (QED) is 0.0222. The van der Waals surface area contributed by atoms with Gasteiger partial charge in [-0.2, -0.15) is 0 Å². The van der Waals surface area contributed by atoms with E-state index in [1.54, 1.807) is 0 Å². The highest BCUT2D eigenvalue weighted by atomic mass is 31.2. The molecule has 0 aliphatic carbocycles. The Hall–Kier alpha value is -1.94.